The van der Waals surface area contributed by atoms with Crippen molar-refractivity contribution in [3.8, 4) is 0 Å². The molecule has 0 aromatic heterocycles. The molecule has 1 fully saturated rings. The summed E-state index contributed by atoms with van der Waals surface area (Å²) in [5.74, 6) is 0. The number of morpholine rings is 1. The van der Waals surface area contributed by atoms with Crippen molar-refractivity contribution in [3.05, 3.63) is 28.8 Å². The number of rotatable bonds is 3. The molecule has 0 spiro atoms. The molecule has 1 aliphatic rings. The van der Waals surface area contributed by atoms with Crippen molar-refractivity contribution in [3.63, 3.8) is 0 Å². The van der Waals surface area contributed by atoms with Gasteiger partial charge in [-0.3, -0.25) is 0 Å². The van der Waals surface area contributed by atoms with Crippen molar-refractivity contribution in [2.24, 2.45) is 0 Å². The van der Waals surface area contributed by atoms with E-state index in [1.165, 1.54) is 22.5 Å². The van der Waals surface area contributed by atoms with Gasteiger partial charge in [0, 0.05) is 11.6 Å². The quantitative estimate of drug-likeness (QED) is 0.919. The lowest BCUT2D eigenvalue weighted by Gasteiger charge is -2.40. The Labute approximate surface area is 124 Å². The number of aliphatic hydroxyl groups is 1. The first kappa shape index (κ1) is 15.7. The number of nitrogens with zero attached hydrogens (tertiary/aromatic N) is 1. The molecule has 1 saturated heterocycles. The van der Waals surface area contributed by atoms with Gasteiger partial charge in [-0.1, -0.05) is 17.7 Å². The zero-order valence-electron chi connectivity index (χ0n) is 11.5. The maximum Gasteiger partial charge on any atom is 0.243 e. The Morgan fingerprint density at radius 2 is 2.15 bits per heavy atom. The summed E-state index contributed by atoms with van der Waals surface area (Å²) in [5.41, 5.74) is -0.0917. The SMILES string of the molecule is CC1(C)COCCN1S(=O)(=O)c1ccc(CO)c(Cl)c1. The fraction of sp³-hybridized carbons (Fsp3) is 0.538. The predicted molar refractivity (Wildman–Crippen MR) is 76.2 cm³/mol. The standard InChI is InChI=1S/C13H18ClNO4S/c1-13(2)9-19-6-5-15(13)20(17,18)11-4-3-10(8-16)12(14)7-11/h3-4,7,16H,5-6,8-9H2,1-2H3. The molecule has 5 nitrogen and oxygen atoms in total. The minimum absolute atomic E-state index is 0.134. The van der Waals surface area contributed by atoms with Crippen molar-refractivity contribution in [2.75, 3.05) is 19.8 Å². The highest BCUT2D eigenvalue weighted by atomic mass is 35.5. The Morgan fingerprint density at radius 1 is 1.45 bits per heavy atom. The van der Waals surface area contributed by atoms with Crippen molar-refractivity contribution in [2.45, 2.75) is 30.9 Å². The van der Waals surface area contributed by atoms with Gasteiger partial charge in [-0.25, -0.2) is 8.42 Å². The monoisotopic (exact) mass is 319 g/mol. The van der Waals surface area contributed by atoms with E-state index in [1.54, 1.807) is 0 Å². The van der Waals surface area contributed by atoms with Gasteiger partial charge < -0.3 is 9.84 Å². The molecular formula is C13H18ClNO4S. The molecule has 7 heteroatoms. The Morgan fingerprint density at radius 3 is 2.70 bits per heavy atom. The lowest BCUT2D eigenvalue weighted by atomic mass is 10.1. The number of halogens is 1. The van der Waals surface area contributed by atoms with Crippen molar-refractivity contribution >= 4 is 21.6 Å². The van der Waals surface area contributed by atoms with Crippen LogP contribution in [-0.4, -0.2) is 43.1 Å². The van der Waals surface area contributed by atoms with Gasteiger partial charge in [0.25, 0.3) is 0 Å². The Balaban J connectivity index is 2.42. The molecule has 0 bridgehead atoms. The van der Waals surface area contributed by atoms with E-state index in [2.05, 4.69) is 0 Å². The van der Waals surface area contributed by atoms with E-state index in [1.807, 2.05) is 13.8 Å². The van der Waals surface area contributed by atoms with Gasteiger partial charge in [0.05, 0.1) is 30.3 Å². The molecule has 1 aromatic rings. The maximum atomic E-state index is 12.7. The van der Waals surface area contributed by atoms with Crippen LogP contribution in [0.2, 0.25) is 5.02 Å². The van der Waals surface area contributed by atoms with Crippen LogP contribution in [0.3, 0.4) is 0 Å². The van der Waals surface area contributed by atoms with E-state index in [-0.39, 0.29) is 16.5 Å². The van der Waals surface area contributed by atoms with Crippen LogP contribution < -0.4 is 0 Å². The van der Waals surface area contributed by atoms with Gasteiger partial charge in [-0.05, 0) is 31.5 Å². The third-order valence-electron chi connectivity index (χ3n) is 3.35. The molecule has 1 N–H and O–H groups in total. The molecule has 1 heterocycles. The van der Waals surface area contributed by atoms with Crippen LogP contribution in [0.4, 0.5) is 0 Å². The highest BCUT2D eigenvalue weighted by molar-refractivity contribution is 7.89. The third kappa shape index (κ3) is 2.84. The van der Waals surface area contributed by atoms with Gasteiger partial charge >= 0.3 is 0 Å². The van der Waals surface area contributed by atoms with Gasteiger partial charge in [0.2, 0.25) is 10.0 Å². The molecular weight excluding hydrogens is 302 g/mol. The van der Waals surface area contributed by atoms with E-state index < -0.39 is 15.6 Å². The lowest BCUT2D eigenvalue weighted by Crippen LogP contribution is -2.55. The van der Waals surface area contributed by atoms with Crippen LogP contribution in [-0.2, 0) is 21.4 Å². The van der Waals surface area contributed by atoms with E-state index in [4.69, 9.17) is 21.4 Å². The molecule has 0 aliphatic carbocycles. The molecule has 0 saturated carbocycles. The summed E-state index contributed by atoms with van der Waals surface area (Å²) < 4.78 is 32.2. The second kappa shape index (κ2) is 5.61. The van der Waals surface area contributed by atoms with Gasteiger partial charge in [0.15, 0.2) is 0 Å². The molecule has 1 aromatic carbocycles. The fourth-order valence-corrected chi connectivity index (χ4v) is 4.32. The zero-order valence-corrected chi connectivity index (χ0v) is 13.0. The third-order valence-corrected chi connectivity index (χ3v) is 5.81. The second-order valence-corrected chi connectivity index (χ2v) is 7.62. The normalized spacial score (nSPS) is 20.0. The number of aliphatic hydroxyl groups excluding tert-OH is 1. The fourth-order valence-electron chi connectivity index (χ4n) is 2.23. The number of sulfonamides is 1. The van der Waals surface area contributed by atoms with Crippen molar-refractivity contribution in [1.82, 2.24) is 4.31 Å². The van der Waals surface area contributed by atoms with E-state index >= 15 is 0 Å². The average molecular weight is 320 g/mol. The lowest BCUT2D eigenvalue weighted by molar-refractivity contribution is -0.00770. The topological polar surface area (TPSA) is 66.8 Å². The highest BCUT2D eigenvalue weighted by Gasteiger charge is 2.39. The smallest absolute Gasteiger partial charge is 0.243 e. The molecule has 112 valence electrons. The molecule has 0 amide bonds. The van der Waals surface area contributed by atoms with Crippen LogP contribution in [0.1, 0.15) is 19.4 Å². The number of ether oxygens (including phenoxy) is 1. The van der Waals surface area contributed by atoms with Crippen LogP contribution in [0.25, 0.3) is 0 Å². The zero-order chi connectivity index (χ0) is 15.0. The summed E-state index contributed by atoms with van der Waals surface area (Å²) in [6.45, 7) is 4.48. The summed E-state index contributed by atoms with van der Waals surface area (Å²) in [6.07, 6.45) is 0. The van der Waals surface area contributed by atoms with Crippen molar-refractivity contribution < 1.29 is 18.3 Å². The first-order valence-electron chi connectivity index (χ1n) is 6.29. The highest BCUT2D eigenvalue weighted by Crippen LogP contribution is 2.29. The number of hydrogen-bond acceptors (Lipinski definition) is 4. The number of benzene rings is 1. The van der Waals surface area contributed by atoms with Gasteiger partial charge in [0.1, 0.15) is 0 Å². The summed E-state index contributed by atoms with van der Waals surface area (Å²) in [7, 11) is -3.63. The van der Waals surface area contributed by atoms with Crippen LogP contribution in [0.5, 0.6) is 0 Å². The van der Waals surface area contributed by atoms with Crippen LogP contribution in [0, 0.1) is 0 Å². The average Bonchev–Trinajstić information content (AvgIpc) is 2.37. The van der Waals surface area contributed by atoms with Gasteiger partial charge in [-0.2, -0.15) is 4.31 Å². The van der Waals surface area contributed by atoms with Crippen LogP contribution in [0.15, 0.2) is 23.1 Å². The first-order chi connectivity index (χ1) is 9.29. The summed E-state index contributed by atoms with van der Waals surface area (Å²) in [4.78, 5) is 0.134. The Kier molecular flexibility index (Phi) is 4.41. The Hall–Kier alpha value is -0.660. The second-order valence-electron chi connectivity index (χ2n) is 5.35. The molecule has 20 heavy (non-hydrogen) atoms. The summed E-state index contributed by atoms with van der Waals surface area (Å²) >= 11 is 5.98. The molecule has 1 aliphatic heterocycles. The summed E-state index contributed by atoms with van der Waals surface area (Å²) in [5, 5.41) is 9.33. The minimum atomic E-state index is -3.63. The molecule has 0 radical (unpaired) electrons. The van der Waals surface area contributed by atoms with E-state index in [0.717, 1.165) is 0 Å². The van der Waals surface area contributed by atoms with E-state index in [0.29, 0.717) is 25.3 Å². The Bertz CT molecular complexity index is 600. The molecule has 2 rings (SSSR count). The van der Waals surface area contributed by atoms with E-state index in [9.17, 15) is 8.42 Å². The van der Waals surface area contributed by atoms with Crippen molar-refractivity contribution in [1.29, 1.82) is 0 Å². The largest absolute Gasteiger partial charge is 0.392 e. The first-order valence-corrected chi connectivity index (χ1v) is 8.11. The minimum Gasteiger partial charge on any atom is -0.392 e. The van der Waals surface area contributed by atoms with Gasteiger partial charge in [-0.15, -0.1) is 0 Å². The number of hydrogen-bond donors (Lipinski definition) is 1. The maximum absolute atomic E-state index is 12.7. The van der Waals surface area contributed by atoms with Crippen LogP contribution >= 0.6 is 11.6 Å². The predicted octanol–water partition coefficient (Wildman–Crippen LogP) is 1.63. The molecule has 0 unspecified atom stereocenters. The molecule has 0 atom stereocenters. The summed E-state index contributed by atoms with van der Waals surface area (Å²) in [6, 6.07) is 4.38.